The van der Waals surface area contributed by atoms with Crippen LogP contribution in [0.2, 0.25) is 0 Å². The molecule has 0 saturated carbocycles. The Balaban J connectivity index is 1.74. The third-order valence-corrected chi connectivity index (χ3v) is 7.14. The van der Waals surface area contributed by atoms with Crippen molar-refractivity contribution in [2.24, 2.45) is 5.92 Å². The van der Waals surface area contributed by atoms with E-state index in [0.717, 1.165) is 11.1 Å². The van der Waals surface area contributed by atoms with Crippen molar-refractivity contribution in [3.05, 3.63) is 59.7 Å². The van der Waals surface area contributed by atoms with Crippen molar-refractivity contribution >= 4 is 15.7 Å². The van der Waals surface area contributed by atoms with Gasteiger partial charge < -0.3 is 9.47 Å². The first-order chi connectivity index (χ1) is 13.8. The van der Waals surface area contributed by atoms with Gasteiger partial charge in [-0.05, 0) is 43.2 Å². The van der Waals surface area contributed by atoms with Crippen LogP contribution in [0.25, 0.3) is 0 Å². The number of hydrogen-bond acceptors (Lipinski definition) is 7. The Morgan fingerprint density at radius 2 is 1.93 bits per heavy atom. The van der Waals surface area contributed by atoms with Crippen LogP contribution in [0.3, 0.4) is 0 Å². The Kier molecular flexibility index (Phi) is 6.53. The van der Waals surface area contributed by atoms with Crippen molar-refractivity contribution < 1.29 is 33.1 Å². The predicted octanol–water partition coefficient (Wildman–Crippen LogP) is 2.36. The third-order valence-electron chi connectivity index (χ3n) is 4.85. The lowest BCUT2D eigenvalue weighted by molar-refractivity contribution is -0.289. The fourth-order valence-corrected chi connectivity index (χ4v) is 5.24. The zero-order chi connectivity index (χ0) is 21.0. The summed E-state index contributed by atoms with van der Waals surface area (Å²) in [6, 6.07) is 13.8. The van der Waals surface area contributed by atoms with Crippen LogP contribution in [0.5, 0.6) is 5.75 Å². The van der Waals surface area contributed by atoms with Crippen molar-refractivity contribution in [2.75, 3.05) is 13.2 Å². The molecule has 2 aromatic rings. The van der Waals surface area contributed by atoms with E-state index in [2.05, 4.69) is 0 Å². The van der Waals surface area contributed by atoms with E-state index in [1.165, 1.54) is 12.1 Å². The lowest BCUT2D eigenvalue weighted by Gasteiger charge is -2.30. The van der Waals surface area contributed by atoms with Crippen molar-refractivity contribution in [2.45, 2.75) is 30.1 Å². The second kappa shape index (κ2) is 8.91. The fourth-order valence-electron chi connectivity index (χ4n) is 3.34. The van der Waals surface area contributed by atoms with Crippen LogP contribution in [-0.2, 0) is 26.0 Å². The Labute approximate surface area is 169 Å². The van der Waals surface area contributed by atoms with Gasteiger partial charge in [0.05, 0.1) is 22.7 Å². The maximum Gasteiger partial charge on any atom is 0.279 e. The fraction of sp³-hybridized carbons (Fsp3) is 0.350. The summed E-state index contributed by atoms with van der Waals surface area (Å²) < 4.78 is 36.9. The van der Waals surface area contributed by atoms with E-state index in [1.807, 2.05) is 31.2 Å². The molecule has 29 heavy (non-hydrogen) atoms. The molecule has 3 rings (SSSR count). The molecule has 0 aromatic heterocycles. The number of benzene rings is 2. The molecule has 2 unspecified atom stereocenters. The van der Waals surface area contributed by atoms with Crippen molar-refractivity contribution in [3.8, 4) is 5.75 Å². The average molecular weight is 421 g/mol. The standard InChI is InChI=1S/C20H23NO7S/c1-14-3-2-4-15(11-14)12-28-16-5-7-17(8-6-16)29(25,26)19-9-10-27-13-18(19)20(22)21(23)24/h2-8,11,18-19,23-24H,9-10,12-13H2,1H3. The van der Waals surface area contributed by atoms with Crippen LogP contribution in [0, 0.1) is 12.8 Å². The Hall–Kier alpha value is -2.46. The second-order valence-electron chi connectivity index (χ2n) is 6.93. The van der Waals surface area contributed by atoms with E-state index in [-0.39, 0.29) is 24.5 Å². The van der Waals surface area contributed by atoms with Crippen molar-refractivity contribution in [1.29, 1.82) is 0 Å². The molecule has 0 bridgehead atoms. The highest BCUT2D eigenvalue weighted by Gasteiger charge is 2.42. The SMILES string of the molecule is Cc1cccc(COc2ccc(S(=O)(=O)C3CCOCC3C(=O)N(O)O)cc2)c1. The van der Waals surface area contributed by atoms with Crippen LogP contribution in [0.4, 0.5) is 0 Å². The molecule has 9 heteroatoms. The minimum atomic E-state index is -3.88. The monoisotopic (exact) mass is 421 g/mol. The number of hydrogen-bond donors (Lipinski definition) is 2. The zero-order valence-corrected chi connectivity index (χ0v) is 16.7. The molecule has 0 spiro atoms. The van der Waals surface area contributed by atoms with E-state index in [1.54, 1.807) is 12.1 Å². The Morgan fingerprint density at radius 3 is 2.59 bits per heavy atom. The molecule has 1 aliphatic rings. The van der Waals surface area contributed by atoms with Crippen molar-refractivity contribution in [3.63, 3.8) is 0 Å². The van der Waals surface area contributed by atoms with Crippen LogP contribution in [0.15, 0.2) is 53.4 Å². The number of amides is 1. The minimum Gasteiger partial charge on any atom is -0.489 e. The third kappa shape index (κ3) is 4.94. The Bertz CT molecular complexity index is 957. The summed E-state index contributed by atoms with van der Waals surface area (Å²) >= 11 is 0. The molecule has 2 N–H and O–H groups in total. The molecule has 1 heterocycles. The lowest BCUT2D eigenvalue weighted by Crippen LogP contribution is -2.46. The average Bonchev–Trinajstić information content (AvgIpc) is 2.72. The highest BCUT2D eigenvalue weighted by atomic mass is 32.2. The normalized spacial score (nSPS) is 19.6. The number of rotatable bonds is 6. The van der Waals surface area contributed by atoms with Crippen LogP contribution < -0.4 is 4.74 Å². The summed E-state index contributed by atoms with van der Waals surface area (Å²) in [6.07, 6.45) is 0.0815. The summed E-state index contributed by atoms with van der Waals surface area (Å²) in [5.74, 6) is -1.79. The zero-order valence-electron chi connectivity index (χ0n) is 15.9. The van der Waals surface area contributed by atoms with Gasteiger partial charge >= 0.3 is 0 Å². The molecule has 0 radical (unpaired) electrons. The van der Waals surface area contributed by atoms with Gasteiger partial charge in [0.25, 0.3) is 5.91 Å². The molecular weight excluding hydrogens is 398 g/mol. The second-order valence-corrected chi connectivity index (χ2v) is 9.10. The number of ether oxygens (including phenoxy) is 2. The van der Waals surface area contributed by atoms with Crippen LogP contribution in [0.1, 0.15) is 17.5 Å². The first-order valence-electron chi connectivity index (χ1n) is 9.11. The number of carbonyl (C=O) groups is 1. The van der Waals surface area contributed by atoms with Gasteiger partial charge in [0, 0.05) is 6.61 Å². The lowest BCUT2D eigenvalue weighted by atomic mass is 10.0. The van der Waals surface area contributed by atoms with Gasteiger partial charge in [-0.25, -0.2) is 8.42 Å². The largest absolute Gasteiger partial charge is 0.489 e. The smallest absolute Gasteiger partial charge is 0.279 e. The number of carbonyl (C=O) groups excluding carboxylic acids is 1. The minimum absolute atomic E-state index is 0.0348. The summed E-state index contributed by atoms with van der Waals surface area (Å²) in [5.41, 5.74) is 2.13. The van der Waals surface area contributed by atoms with Gasteiger partial charge in [-0.2, -0.15) is 0 Å². The quantitative estimate of drug-likeness (QED) is 0.544. The van der Waals surface area contributed by atoms with Gasteiger partial charge in [-0.1, -0.05) is 35.1 Å². The molecule has 1 amide bonds. The molecule has 0 aliphatic carbocycles. The first kappa shape index (κ1) is 21.3. The van der Waals surface area contributed by atoms with E-state index in [4.69, 9.17) is 19.9 Å². The summed E-state index contributed by atoms with van der Waals surface area (Å²) in [6.45, 7) is 2.32. The Morgan fingerprint density at radius 1 is 1.21 bits per heavy atom. The molecule has 8 nitrogen and oxygen atoms in total. The number of hydroxylamine groups is 2. The molecule has 1 fully saturated rings. The van der Waals surface area contributed by atoms with Crippen LogP contribution >= 0.6 is 0 Å². The summed E-state index contributed by atoms with van der Waals surface area (Å²) in [4.78, 5) is 12.0. The summed E-state index contributed by atoms with van der Waals surface area (Å²) in [7, 11) is -3.88. The number of sulfone groups is 1. The van der Waals surface area contributed by atoms with E-state index in [9.17, 15) is 13.2 Å². The van der Waals surface area contributed by atoms with E-state index in [0.29, 0.717) is 12.4 Å². The number of nitrogens with zero attached hydrogens (tertiary/aromatic N) is 1. The van der Waals surface area contributed by atoms with Crippen LogP contribution in [-0.4, -0.2) is 48.4 Å². The molecule has 2 aromatic carbocycles. The maximum atomic E-state index is 13.0. The van der Waals surface area contributed by atoms with E-state index < -0.39 is 32.1 Å². The molecule has 156 valence electrons. The van der Waals surface area contributed by atoms with E-state index >= 15 is 0 Å². The molecular formula is C20H23NO7S. The molecule has 2 atom stereocenters. The first-order valence-corrected chi connectivity index (χ1v) is 10.7. The van der Waals surface area contributed by atoms with Crippen molar-refractivity contribution in [1.82, 2.24) is 5.23 Å². The summed E-state index contributed by atoms with van der Waals surface area (Å²) in [5, 5.41) is 16.3. The number of aryl methyl sites for hydroxylation is 1. The topological polar surface area (TPSA) is 113 Å². The molecule has 1 saturated heterocycles. The predicted molar refractivity (Wildman–Crippen MR) is 102 cm³/mol. The van der Waals surface area contributed by atoms with Gasteiger partial charge in [0.1, 0.15) is 12.4 Å². The van der Waals surface area contributed by atoms with Gasteiger partial charge in [0.15, 0.2) is 9.84 Å². The highest BCUT2D eigenvalue weighted by Crippen LogP contribution is 2.30. The van der Waals surface area contributed by atoms with Gasteiger partial charge in [-0.3, -0.25) is 15.2 Å². The molecule has 1 aliphatic heterocycles. The maximum absolute atomic E-state index is 13.0. The van der Waals surface area contributed by atoms with Gasteiger partial charge in [-0.15, -0.1) is 0 Å². The highest BCUT2D eigenvalue weighted by molar-refractivity contribution is 7.92. The van der Waals surface area contributed by atoms with Gasteiger partial charge in [0.2, 0.25) is 0 Å².